The molecule has 0 radical (unpaired) electrons. The minimum atomic E-state index is 0.0512. The Morgan fingerprint density at radius 1 is 0.938 bits per heavy atom. The van der Waals surface area contributed by atoms with Crippen molar-refractivity contribution >= 4 is 5.97 Å². The first-order valence-electron chi connectivity index (χ1n) is 6.90. The Morgan fingerprint density at radius 2 is 1.56 bits per heavy atom. The van der Waals surface area contributed by atoms with Gasteiger partial charge in [-0.25, -0.2) is 0 Å². The lowest BCUT2D eigenvalue weighted by Crippen LogP contribution is -2.34. The molecule has 2 aliphatic rings. The Hall–Kier alpha value is -0.530. The highest BCUT2D eigenvalue weighted by atomic mass is 16.5. The summed E-state index contributed by atoms with van der Waals surface area (Å²) >= 11 is 0. The molecule has 0 aromatic carbocycles. The third-order valence-corrected chi connectivity index (χ3v) is 4.58. The van der Waals surface area contributed by atoms with E-state index in [1.807, 2.05) is 0 Å². The van der Waals surface area contributed by atoms with Gasteiger partial charge in [-0.3, -0.25) is 4.79 Å². The van der Waals surface area contributed by atoms with Crippen molar-refractivity contribution < 1.29 is 9.53 Å². The zero-order chi connectivity index (χ0) is 11.4. The summed E-state index contributed by atoms with van der Waals surface area (Å²) in [6.45, 7) is 0. The predicted octanol–water partition coefficient (Wildman–Crippen LogP) is 3.55. The summed E-state index contributed by atoms with van der Waals surface area (Å²) in [6, 6.07) is 0. The molecule has 0 N–H and O–H groups in total. The first kappa shape index (κ1) is 11.9. The van der Waals surface area contributed by atoms with E-state index >= 15 is 0 Å². The molecule has 2 nitrogen and oxygen atoms in total. The molecule has 2 fully saturated rings. The lowest BCUT2D eigenvalue weighted by molar-refractivity contribution is -0.150. The summed E-state index contributed by atoms with van der Waals surface area (Å²) in [4.78, 5) is 11.8. The van der Waals surface area contributed by atoms with Crippen molar-refractivity contribution in [2.75, 3.05) is 7.11 Å². The number of hydrogen-bond donors (Lipinski definition) is 0. The van der Waals surface area contributed by atoms with Crippen molar-refractivity contribution in [2.24, 2.45) is 17.8 Å². The highest BCUT2D eigenvalue weighted by Crippen LogP contribution is 2.41. The number of carbonyl (C=O) groups is 1. The van der Waals surface area contributed by atoms with Crippen LogP contribution in [0.2, 0.25) is 0 Å². The molecule has 0 aromatic rings. The van der Waals surface area contributed by atoms with Crippen LogP contribution < -0.4 is 0 Å². The maximum Gasteiger partial charge on any atom is 0.308 e. The average Bonchev–Trinajstić information content (AvgIpc) is 2.39. The second-order valence-electron chi connectivity index (χ2n) is 5.48. The molecule has 2 atom stereocenters. The van der Waals surface area contributed by atoms with Gasteiger partial charge >= 0.3 is 5.97 Å². The SMILES string of the molecule is COC(=O)[C@@H]1CCCCC1C1CCCCC1. The van der Waals surface area contributed by atoms with Gasteiger partial charge in [0, 0.05) is 0 Å². The van der Waals surface area contributed by atoms with Gasteiger partial charge in [-0.15, -0.1) is 0 Å². The van der Waals surface area contributed by atoms with E-state index in [9.17, 15) is 4.79 Å². The van der Waals surface area contributed by atoms with Gasteiger partial charge in [-0.1, -0.05) is 44.9 Å². The molecule has 0 saturated heterocycles. The molecule has 16 heavy (non-hydrogen) atoms. The van der Waals surface area contributed by atoms with Gasteiger partial charge < -0.3 is 4.74 Å². The van der Waals surface area contributed by atoms with Gasteiger partial charge in [0.1, 0.15) is 0 Å². The van der Waals surface area contributed by atoms with Gasteiger partial charge in [0.05, 0.1) is 13.0 Å². The van der Waals surface area contributed by atoms with Crippen LogP contribution in [0, 0.1) is 17.8 Å². The van der Waals surface area contributed by atoms with E-state index < -0.39 is 0 Å². The molecule has 2 rings (SSSR count). The quantitative estimate of drug-likeness (QED) is 0.670. The third-order valence-electron chi connectivity index (χ3n) is 4.58. The lowest BCUT2D eigenvalue weighted by Gasteiger charge is -2.37. The fourth-order valence-corrected chi connectivity index (χ4v) is 3.73. The predicted molar refractivity (Wildman–Crippen MR) is 64.0 cm³/mol. The zero-order valence-electron chi connectivity index (χ0n) is 10.4. The average molecular weight is 224 g/mol. The van der Waals surface area contributed by atoms with E-state index in [-0.39, 0.29) is 11.9 Å². The van der Waals surface area contributed by atoms with Gasteiger partial charge in [-0.2, -0.15) is 0 Å². The molecule has 2 heteroatoms. The van der Waals surface area contributed by atoms with Crippen LogP contribution in [0.5, 0.6) is 0 Å². The topological polar surface area (TPSA) is 26.3 Å². The van der Waals surface area contributed by atoms with Crippen molar-refractivity contribution in [1.82, 2.24) is 0 Å². The summed E-state index contributed by atoms with van der Waals surface area (Å²) in [7, 11) is 1.54. The summed E-state index contributed by atoms with van der Waals surface area (Å²) < 4.78 is 4.97. The number of esters is 1. The molecule has 0 spiro atoms. The van der Waals surface area contributed by atoms with Crippen molar-refractivity contribution in [3.05, 3.63) is 0 Å². The Morgan fingerprint density at radius 3 is 2.25 bits per heavy atom. The van der Waals surface area contributed by atoms with Crippen LogP contribution >= 0.6 is 0 Å². The molecule has 92 valence electrons. The van der Waals surface area contributed by atoms with Gasteiger partial charge in [-0.05, 0) is 24.7 Å². The van der Waals surface area contributed by atoms with Crippen LogP contribution in [0.15, 0.2) is 0 Å². The van der Waals surface area contributed by atoms with Gasteiger partial charge in [0.25, 0.3) is 0 Å². The van der Waals surface area contributed by atoms with E-state index in [1.165, 1.54) is 58.5 Å². The molecule has 2 aliphatic carbocycles. The molecule has 0 aliphatic heterocycles. The van der Waals surface area contributed by atoms with Crippen LogP contribution in [0.25, 0.3) is 0 Å². The number of carbonyl (C=O) groups excluding carboxylic acids is 1. The number of hydrogen-bond acceptors (Lipinski definition) is 2. The monoisotopic (exact) mass is 224 g/mol. The summed E-state index contributed by atoms with van der Waals surface area (Å²) in [5.74, 6) is 1.69. The fourth-order valence-electron chi connectivity index (χ4n) is 3.73. The van der Waals surface area contributed by atoms with E-state index in [0.29, 0.717) is 5.92 Å². The molecule has 0 bridgehead atoms. The minimum absolute atomic E-state index is 0.0512. The Labute approximate surface area is 98.7 Å². The van der Waals surface area contributed by atoms with Gasteiger partial charge in [0.15, 0.2) is 0 Å². The summed E-state index contributed by atoms with van der Waals surface area (Å²) in [6.07, 6.45) is 11.7. The minimum Gasteiger partial charge on any atom is -0.469 e. The Balaban J connectivity index is 2.00. The number of rotatable bonds is 2. The third kappa shape index (κ3) is 2.58. The second-order valence-corrected chi connectivity index (χ2v) is 5.48. The Bertz CT molecular complexity index is 231. The van der Waals surface area contributed by atoms with Crippen molar-refractivity contribution in [2.45, 2.75) is 57.8 Å². The molecule has 0 amide bonds. The smallest absolute Gasteiger partial charge is 0.308 e. The first-order chi connectivity index (χ1) is 7.83. The van der Waals surface area contributed by atoms with Gasteiger partial charge in [0.2, 0.25) is 0 Å². The van der Waals surface area contributed by atoms with Crippen molar-refractivity contribution in [3.63, 3.8) is 0 Å². The highest BCUT2D eigenvalue weighted by Gasteiger charge is 2.36. The molecular formula is C14H24O2. The maximum atomic E-state index is 11.8. The normalized spacial score (nSPS) is 32.3. The Kier molecular flexibility index (Phi) is 4.25. The summed E-state index contributed by atoms with van der Waals surface area (Å²) in [5.41, 5.74) is 0. The highest BCUT2D eigenvalue weighted by molar-refractivity contribution is 5.72. The van der Waals surface area contributed by atoms with E-state index in [2.05, 4.69) is 0 Å². The zero-order valence-corrected chi connectivity index (χ0v) is 10.4. The van der Waals surface area contributed by atoms with Crippen LogP contribution in [0.1, 0.15) is 57.8 Å². The lowest BCUT2D eigenvalue weighted by atomic mass is 9.68. The second kappa shape index (κ2) is 5.70. The first-order valence-corrected chi connectivity index (χ1v) is 6.90. The fraction of sp³-hybridized carbons (Fsp3) is 0.929. The van der Waals surface area contributed by atoms with Crippen LogP contribution in [-0.4, -0.2) is 13.1 Å². The molecule has 2 saturated carbocycles. The van der Waals surface area contributed by atoms with Crippen LogP contribution in [0.3, 0.4) is 0 Å². The van der Waals surface area contributed by atoms with Crippen LogP contribution in [-0.2, 0) is 9.53 Å². The van der Waals surface area contributed by atoms with E-state index in [0.717, 1.165) is 12.3 Å². The van der Waals surface area contributed by atoms with E-state index in [1.54, 1.807) is 0 Å². The molecule has 0 heterocycles. The van der Waals surface area contributed by atoms with Crippen molar-refractivity contribution in [3.8, 4) is 0 Å². The standard InChI is InChI=1S/C14H24O2/c1-16-14(15)13-10-6-5-9-12(13)11-7-3-2-4-8-11/h11-13H,2-10H2,1H3/t12?,13-/m1/s1. The van der Waals surface area contributed by atoms with E-state index in [4.69, 9.17) is 4.74 Å². The molecular weight excluding hydrogens is 200 g/mol. The largest absolute Gasteiger partial charge is 0.469 e. The number of ether oxygens (including phenoxy) is 1. The summed E-state index contributed by atoms with van der Waals surface area (Å²) in [5, 5.41) is 0. The van der Waals surface area contributed by atoms with Crippen LogP contribution in [0.4, 0.5) is 0 Å². The molecule has 1 unspecified atom stereocenters. The van der Waals surface area contributed by atoms with Crippen molar-refractivity contribution in [1.29, 1.82) is 0 Å². The molecule has 0 aromatic heterocycles. The number of methoxy groups -OCH3 is 1. The maximum absolute atomic E-state index is 11.8.